The van der Waals surface area contributed by atoms with Gasteiger partial charge < -0.3 is 14.2 Å². The molecule has 0 saturated carbocycles. The summed E-state index contributed by atoms with van der Waals surface area (Å²) in [4.78, 5) is 49.8. The van der Waals surface area contributed by atoms with Crippen molar-refractivity contribution in [2.45, 2.75) is 33.7 Å². The van der Waals surface area contributed by atoms with Gasteiger partial charge in [-0.1, -0.05) is 41.1 Å². The number of Topliss-reactive ketones (excluding diaryl/α,β-unsaturated/α-hetero) is 1. The van der Waals surface area contributed by atoms with Crippen LogP contribution in [0.5, 0.6) is 0 Å². The number of aliphatic hydroxyl groups is 1. The molecule has 0 bridgehead atoms. The highest BCUT2D eigenvalue weighted by Gasteiger charge is 2.49. The number of benzene rings is 1. The Morgan fingerprint density at radius 2 is 1.92 bits per heavy atom. The molecule has 3 aromatic heterocycles. The van der Waals surface area contributed by atoms with Crippen LogP contribution < -0.4 is 4.90 Å². The monoisotopic (exact) mass is 550 g/mol. The average Bonchev–Trinajstić information content (AvgIpc) is 3.51. The summed E-state index contributed by atoms with van der Waals surface area (Å²) in [6.45, 7) is 7.16. The van der Waals surface area contributed by atoms with Gasteiger partial charge in [-0.3, -0.25) is 14.5 Å². The number of aliphatic hydroxyl groups excluding tert-OH is 1. The highest BCUT2D eigenvalue weighted by atomic mass is 35.5. The van der Waals surface area contributed by atoms with E-state index in [4.69, 9.17) is 16.3 Å². The quantitative estimate of drug-likeness (QED) is 0.158. The molecular formula is C27H23ClN4O5S. The van der Waals surface area contributed by atoms with Crippen molar-refractivity contribution in [3.63, 3.8) is 0 Å². The van der Waals surface area contributed by atoms with Gasteiger partial charge in [-0.25, -0.2) is 14.8 Å². The number of ketones is 1. The van der Waals surface area contributed by atoms with Crippen LogP contribution in [-0.4, -0.2) is 43.7 Å². The fourth-order valence-electron chi connectivity index (χ4n) is 4.57. The Kier molecular flexibility index (Phi) is 6.54. The first-order valence-corrected chi connectivity index (χ1v) is 13.0. The van der Waals surface area contributed by atoms with Crippen molar-refractivity contribution in [1.82, 2.24) is 14.4 Å². The van der Waals surface area contributed by atoms with Crippen LogP contribution in [0.1, 0.15) is 50.8 Å². The number of carbonyl (C=O) groups excluding carboxylic acids is 3. The molecule has 1 unspecified atom stereocenters. The largest absolute Gasteiger partial charge is 0.505 e. The number of amides is 1. The minimum atomic E-state index is -1.06. The maximum atomic E-state index is 13.5. The van der Waals surface area contributed by atoms with Crippen molar-refractivity contribution in [1.29, 1.82) is 0 Å². The van der Waals surface area contributed by atoms with E-state index in [-0.39, 0.29) is 27.9 Å². The Morgan fingerprint density at radius 1 is 1.16 bits per heavy atom. The number of esters is 1. The van der Waals surface area contributed by atoms with Crippen LogP contribution in [0.4, 0.5) is 5.13 Å². The van der Waals surface area contributed by atoms with E-state index in [1.165, 1.54) is 4.90 Å². The van der Waals surface area contributed by atoms with Crippen LogP contribution in [0.2, 0.25) is 5.02 Å². The van der Waals surface area contributed by atoms with Gasteiger partial charge in [0.05, 0.1) is 29.6 Å². The number of ether oxygens (including phenoxy) is 1. The van der Waals surface area contributed by atoms with E-state index in [9.17, 15) is 19.5 Å². The number of imidazole rings is 1. The highest BCUT2D eigenvalue weighted by molar-refractivity contribution is 7.17. The number of rotatable bonds is 5. The van der Waals surface area contributed by atoms with E-state index in [0.717, 1.165) is 16.9 Å². The number of fused-ring (bicyclic) bond motifs is 1. The van der Waals surface area contributed by atoms with E-state index in [1.54, 1.807) is 45.0 Å². The van der Waals surface area contributed by atoms with E-state index >= 15 is 0 Å². The molecule has 0 spiro atoms. The number of carbonyl (C=O) groups is 3. The van der Waals surface area contributed by atoms with Crippen LogP contribution in [0, 0.1) is 20.8 Å². The summed E-state index contributed by atoms with van der Waals surface area (Å²) < 4.78 is 6.92. The van der Waals surface area contributed by atoms with Gasteiger partial charge in [-0.15, -0.1) is 0 Å². The highest BCUT2D eigenvalue weighted by Crippen LogP contribution is 2.44. The van der Waals surface area contributed by atoms with E-state index in [1.807, 2.05) is 29.7 Å². The van der Waals surface area contributed by atoms with Crippen LogP contribution in [0.3, 0.4) is 0 Å². The van der Waals surface area contributed by atoms with Gasteiger partial charge in [-0.05, 0) is 57.0 Å². The average molecular weight is 551 g/mol. The first-order valence-electron chi connectivity index (χ1n) is 11.8. The molecule has 4 heterocycles. The van der Waals surface area contributed by atoms with Crippen molar-refractivity contribution in [3.8, 4) is 0 Å². The molecule has 9 nitrogen and oxygen atoms in total. The first-order chi connectivity index (χ1) is 18.1. The van der Waals surface area contributed by atoms with Crippen LogP contribution in [0.15, 0.2) is 48.2 Å². The summed E-state index contributed by atoms with van der Waals surface area (Å²) in [5, 5.41) is 12.1. The zero-order chi connectivity index (χ0) is 27.3. The van der Waals surface area contributed by atoms with Crippen molar-refractivity contribution >= 4 is 57.1 Å². The third kappa shape index (κ3) is 4.06. The molecule has 1 aromatic carbocycles. The van der Waals surface area contributed by atoms with Crippen LogP contribution in [-0.2, 0) is 14.3 Å². The topological polar surface area (TPSA) is 114 Å². The fraction of sp³-hybridized carbons (Fsp3) is 0.222. The second-order valence-corrected chi connectivity index (χ2v) is 10.2. The summed E-state index contributed by atoms with van der Waals surface area (Å²) in [5.74, 6) is -2.76. The summed E-state index contributed by atoms with van der Waals surface area (Å²) in [7, 11) is 0. The van der Waals surface area contributed by atoms with Gasteiger partial charge in [0, 0.05) is 11.2 Å². The molecule has 1 aliphatic heterocycles. The number of aryl methyl sites for hydroxylation is 3. The number of aromatic nitrogens is 3. The van der Waals surface area contributed by atoms with Gasteiger partial charge in [0.2, 0.25) is 0 Å². The third-order valence-corrected chi connectivity index (χ3v) is 7.74. The number of hydrogen-bond donors (Lipinski definition) is 1. The Hall–Kier alpha value is -4.02. The maximum absolute atomic E-state index is 13.5. The molecule has 4 aromatic rings. The normalized spacial score (nSPS) is 17.0. The minimum absolute atomic E-state index is 0.124. The molecule has 1 N–H and O–H groups in total. The summed E-state index contributed by atoms with van der Waals surface area (Å²) in [6.07, 6.45) is 1.81. The Morgan fingerprint density at radius 3 is 2.61 bits per heavy atom. The molecule has 38 heavy (non-hydrogen) atoms. The lowest BCUT2D eigenvalue weighted by Crippen LogP contribution is -2.29. The number of nitrogens with zero attached hydrogens (tertiary/aromatic N) is 4. The van der Waals surface area contributed by atoms with E-state index in [0.29, 0.717) is 27.6 Å². The molecule has 0 radical (unpaired) electrons. The van der Waals surface area contributed by atoms with Gasteiger partial charge >= 0.3 is 11.9 Å². The number of anilines is 1. The fourth-order valence-corrected chi connectivity index (χ4v) is 5.75. The minimum Gasteiger partial charge on any atom is -0.505 e. The smallest absolute Gasteiger partial charge is 0.350 e. The van der Waals surface area contributed by atoms with Crippen molar-refractivity contribution < 1.29 is 24.2 Å². The first kappa shape index (κ1) is 25.6. The Labute approximate surface area is 227 Å². The van der Waals surface area contributed by atoms with Crippen molar-refractivity contribution in [2.24, 2.45) is 0 Å². The van der Waals surface area contributed by atoms with Gasteiger partial charge in [0.1, 0.15) is 16.2 Å². The number of hydrogen-bond acceptors (Lipinski definition) is 8. The van der Waals surface area contributed by atoms with E-state index in [2.05, 4.69) is 9.97 Å². The predicted octanol–water partition coefficient (Wildman–Crippen LogP) is 5.17. The number of pyridine rings is 1. The molecule has 5 rings (SSSR count). The Bertz CT molecular complexity index is 1670. The van der Waals surface area contributed by atoms with Gasteiger partial charge in [-0.2, -0.15) is 0 Å². The maximum Gasteiger partial charge on any atom is 0.350 e. The Balaban J connectivity index is 1.74. The van der Waals surface area contributed by atoms with Crippen LogP contribution in [0.25, 0.3) is 11.4 Å². The van der Waals surface area contributed by atoms with Gasteiger partial charge in [0.25, 0.3) is 5.78 Å². The molecule has 0 aliphatic carbocycles. The summed E-state index contributed by atoms with van der Waals surface area (Å²) >= 11 is 7.22. The lowest BCUT2D eigenvalue weighted by atomic mass is 9.96. The molecule has 1 fully saturated rings. The summed E-state index contributed by atoms with van der Waals surface area (Å²) in [6, 6.07) is 9.37. The van der Waals surface area contributed by atoms with Gasteiger partial charge in [0.15, 0.2) is 10.9 Å². The zero-order valence-corrected chi connectivity index (χ0v) is 22.6. The molecular weight excluding hydrogens is 528 g/mol. The molecule has 1 atom stereocenters. The second kappa shape index (κ2) is 9.70. The summed E-state index contributed by atoms with van der Waals surface area (Å²) in [5.41, 5.74) is 3.00. The van der Waals surface area contributed by atoms with Crippen molar-refractivity contribution in [2.75, 3.05) is 11.5 Å². The zero-order valence-electron chi connectivity index (χ0n) is 21.0. The number of thiazole rings is 1. The molecule has 11 heteroatoms. The molecule has 1 amide bonds. The number of halogens is 1. The lowest BCUT2D eigenvalue weighted by Gasteiger charge is -2.23. The lowest BCUT2D eigenvalue weighted by molar-refractivity contribution is -0.132. The molecule has 194 valence electrons. The molecule has 1 aliphatic rings. The molecule has 1 saturated heterocycles. The standard InChI is InChI=1S/C27H23ClN4O5S/c1-5-37-26(36)23-14(3)29-27(38-23)32-20(16-9-6-10-17(28)12-16)18(22(34)25(32)35)21(33)19-15(4)31-11-7-8-13(2)24(31)30-19/h6-12,20,33H,5H2,1-4H3. The third-order valence-electron chi connectivity index (χ3n) is 6.37. The van der Waals surface area contributed by atoms with E-state index < -0.39 is 29.5 Å². The second-order valence-electron chi connectivity index (χ2n) is 8.79. The predicted molar refractivity (Wildman–Crippen MR) is 144 cm³/mol. The van der Waals surface area contributed by atoms with Crippen molar-refractivity contribution in [3.05, 3.63) is 86.3 Å². The van der Waals surface area contributed by atoms with Crippen LogP contribution >= 0.6 is 22.9 Å². The SMILES string of the molecule is CCOC(=O)c1sc(N2C(=O)C(=O)C(=C(O)c3nc4c(C)cccn4c3C)C2c2cccc(Cl)c2)nc1C.